The number of rotatable bonds is 10. The fourth-order valence-corrected chi connectivity index (χ4v) is 6.11. The van der Waals surface area contributed by atoms with Gasteiger partial charge in [0, 0.05) is 44.1 Å². The molecule has 2 aliphatic rings. The topological polar surface area (TPSA) is 66.2 Å². The summed E-state index contributed by atoms with van der Waals surface area (Å²) >= 11 is 0. The number of hydrogen-bond acceptors (Lipinski definition) is 5. The summed E-state index contributed by atoms with van der Waals surface area (Å²) in [7, 11) is 0. The van der Waals surface area contributed by atoms with E-state index in [1.165, 1.54) is 18.4 Å². The van der Waals surface area contributed by atoms with Gasteiger partial charge in [-0.1, -0.05) is 50.1 Å². The van der Waals surface area contributed by atoms with Gasteiger partial charge < -0.3 is 19.2 Å². The van der Waals surface area contributed by atoms with Crippen LogP contribution in [0.5, 0.6) is 5.75 Å². The maximum absolute atomic E-state index is 13.6. The van der Waals surface area contributed by atoms with Crippen LogP contribution in [0.3, 0.4) is 0 Å². The Labute approximate surface area is 226 Å². The number of phenols is 1. The molecule has 0 spiro atoms. The van der Waals surface area contributed by atoms with Crippen LogP contribution in [0, 0.1) is 0 Å². The predicted octanol–water partition coefficient (Wildman–Crippen LogP) is 6.72. The second kappa shape index (κ2) is 12.8. The van der Waals surface area contributed by atoms with Crippen molar-refractivity contribution in [2.45, 2.75) is 76.9 Å². The second-order valence-electron chi connectivity index (χ2n) is 10.9. The Bertz CT molecular complexity index is 1200. The van der Waals surface area contributed by atoms with Crippen molar-refractivity contribution in [3.63, 3.8) is 0 Å². The first-order valence-electron chi connectivity index (χ1n) is 14.6. The normalized spacial score (nSPS) is 19.3. The van der Waals surface area contributed by atoms with E-state index in [0.717, 1.165) is 100 Å². The number of aryl methyl sites for hydroxylation is 1. The van der Waals surface area contributed by atoms with Crippen molar-refractivity contribution in [2.75, 3.05) is 32.8 Å². The summed E-state index contributed by atoms with van der Waals surface area (Å²) in [5.41, 5.74) is 2.78. The molecule has 38 heavy (non-hydrogen) atoms. The molecular weight excluding hydrogens is 476 g/mol. The number of ether oxygens (including phenoxy) is 1. The molecule has 204 valence electrons. The maximum atomic E-state index is 13.6. The van der Waals surface area contributed by atoms with E-state index in [9.17, 15) is 9.90 Å². The minimum atomic E-state index is 0.0996. The number of aromatic hydroxyl groups is 1. The van der Waals surface area contributed by atoms with E-state index in [4.69, 9.17) is 9.15 Å². The highest BCUT2D eigenvalue weighted by Gasteiger charge is 2.29. The first kappa shape index (κ1) is 26.8. The highest BCUT2D eigenvalue weighted by atomic mass is 16.5. The van der Waals surface area contributed by atoms with Gasteiger partial charge in [-0.15, -0.1) is 0 Å². The molecule has 3 aromatic rings. The number of nitrogens with zero attached hydrogens (tertiary/aromatic N) is 2. The molecule has 6 nitrogen and oxygen atoms in total. The Kier molecular flexibility index (Phi) is 9.02. The number of amides is 1. The van der Waals surface area contributed by atoms with Gasteiger partial charge in [0.05, 0.1) is 11.7 Å². The van der Waals surface area contributed by atoms with E-state index >= 15 is 0 Å². The van der Waals surface area contributed by atoms with Gasteiger partial charge in [0.2, 0.25) is 0 Å². The van der Waals surface area contributed by atoms with E-state index in [1.807, 2.05) is 41.3 Å². The molecule has 1 amide bonds. The van der Waals surface area contributed by atoms with Crippen molar-refractivity contribution < 1.29 is 19.1 Å². The molecule has 0 radical (unpaired) electrons. The van der Waals surface area contributed by atoms with Gasteiger partial charge in [0.1, 0.15) is 17.1 Å². The molecule has 2 saturated heterocycles. The zero-order valence-corrected chi connectivity index (χ0v) is 22.7. The third-order valence-corrected chi connectivity index (χ3v) is 8.18. The van der Waals surface area contributed by atoms with Crippen LogP contribution in [-0.4, -0.2) is 59.7 Å². The zero-order chi connectivity index (χ0) is 26.3. The quantitative estimate of drug-likeness (QED) is 0.302. The number of benzene rings is 2. The molecule has 1 atom stereocenters. The number of para-hydroxylation sites is 1. The molecule has 1 aromatic heterocycles. The Hall–Kier alpha value is -2.83. The number of phenolic OH excluding ortho intramolecular Hbond substituents is 1. The summed E-state index contributed by atoms with van der Waals surface area (Å²) in [6.07, 6.45) is 9.46. The van der Waals surface area contributed by atoms with Gasteiger partial charge in [0.25, 0.3) is 5.91 Å². The summed E-state index contributed by atoms with van der Waals surface area (Å²) in [6.45, 7) is 6.46. The predicted molar refractivity (Wildman–Crippen MR) is 151 cm³/mol. The molecule has 5 rings (SSSR count). The molecule has 1 unspecified atom stereocenters. The van der Waals surface area contributed by atoms with Crippen LogP contribution in [0.15, 0.2) is 52.9 Å². The number of fused-ring (bicyclic) bond motifs is 1. The third-order valence-electron chi connectivity index (χ3n) is 8.18. The second-order valence-corrected chi connectivity index (χ2v) is 10.9. The summed E-state index contributed by atoms with van der Waals surface area (Å²) in [4.78, 5) is 18.1. The fourth-order valence-electron chi connectivity index (χ4n) is 6.11. The lowest BCUT2D eigenvalue weighted by Crippen LogP contribution is -2.41. The number of unbranched alkanes of at least 4 members (excludes halogenated alkanes) is 1. The highest BCUT2D eigenvalue weighted by molar-refractivity contribution is 6.07. The van der Waals surface area contributed by atoms with Crippen molar-refractivity contribution in [3.05, 3.63) is 65.4 Å². The zero-order valence-electron chi connectivity index (χ0n) is 22.7. The van der Waals surface area contributed by atoms with E-state index in [2.05, 4.69) is 17.9 Å². The molecular formula is C32H42N2O4. The minimum absolute atomic E-state index is 0.0996. The van der Waals surface area contributed by atoms with E-state index < -0.39 is 0 Å². The highest BCUT2D eigenvalue weighted by Crippen LogP contribution is 2.33. The molecule has 2 aliphatic heterocycles. The molecule has 2 aromatic carbocycles. The Morgan fingerprint density at radius 3 is 2.68 bits per heavy atom. The average Bonchev–Trinajstić information content (AvgIpc) is 3.32. The summed E-state index contributed by atoms with van der Waals surface area (Å²) in [5, 5.41) is 10.9. The third kappa shape index (κ3) is 6.24. The van der Waals surface area contributed by atoms with Crippen LogP contribution >= 0.6 is 0 Å². The maximum Gasteiger partial charge on any atom is 0.258 e. The van der Waals surface area contributed by atoms with E-state index in [1.54, 1.807) is 6.07 Å². The van der Waals surface area contributed by atoms with Crippen LogP contribution < -0.4 is 0 Å². The number of carbonyl (C=O) groups is 1. The summed E-state index contributed by atoms with van der Waals surface area (Å²) in [6, 6.07) is 16.0. The number of piperidine rings is 2. The van der Waals surface area contributed by atoms with Crippen LogP contribution in [0.4, 0.5) is 0 Å². The molecule has 6 heteroatoms. The molecule has 0 bridgehead atoms. The van der Waals surface area contributed by atoms with Crippen LogP contribution in [0.25, 0.3) is 11.0 Å². The van der Waals surface area contributed by atoms with E-state index in [-0.39, 0.29) is 12.0 Å². The van der Waals surface area contributed by atoms with Crippen molar-refractivity contribution >= 4 is 16.9 Å². The number of likely N-dealkylation sites (tertiary alicyclic amines) is 2. The number of furan rings is 1. The number of hydrogen-bond donors (Lipinski definition) is 1. The van der Waals surface area contributed by atoms with Gasteiger partial charge in [-0.3, -0.25) is 9.69 Å². The van der Waals surface area contributed by atoms with Crippen molar-refractivity contribution in [1.82, 2.24) is 9.80 Å². The summed E-state index contributed by atoms with van der Waals surface area (Å²) < 4.78 is 12.4. The van der Waals surface area contributed by atoms with Crippen LogP contribution in [0.2, 0.25) is 0 Å². The Morgan fingerprint density at radius 2 is 1.87 bits per heavy atom. The van der Waals surface area contributed by atoms with Crippen LogP contribution in [0.1, 0.15) is 86.0 Å². The minimum Gasteiger partial charge on any atom is -0.508 e. The fraction of sp³-hybridized carbons (Fsp3) is 0.531. The first-order valence-corrected chi connectivity index (χ1v) is 14.6. The lowest BCUT2D eigenvalue weighted by Gasteiger charge is -2.36. The van der Waals surface area contributed by atoms with Gasteiger partial charge in [-0.05, 0) is 68.8 Å². The smallest absolute Gasteiger partial charge is 0.258 e. The average molecular weight is 519 g/mol. The van der Waals surface area contributed by atoms with Crippen molar-refractivity contribution in [2.24, 2.45) is 0 Å². The monoisotopic (exact) mass is 518 g/mol. The lowest BCUT2D eigenvalue weighted by molar-refractivity contribution is 0.00314. The molecule has 3 heterocycles. The van der Waals surface area contributed by atoms with Gasteiger partial charge in [-0.2, -0.15) is 0 Å². The van der Waals surface area contributed by atoms with E-state index in [0.29, 0.717) is 11.8 Å². The lowest BCUT2D eigenvalue weighted by atomic mass is 9.95. The van der Waals surface area contributed by atoms with Crippen molar-refractivity contribution in [3.8, 4) is 5.75 Å². The van der Waals surface area contributed by atoms with Gasteiger partial charge >= 0.3 is 0 Å². The van der Waals surface area contributed by atoms with Crippen molar-refractivity contribution in [1.29, 1.82) is 0 Å². The molecule has 0 saturated carbocycles. The number of carbonyl (C=O) groups excluding carboxylic acids is 1. The molecule has 2 fully saturated rings. The molecule has 1 N–H and O–H groups in total. The molecule has 0 aliphatic carbocycles. The van der Waals surface area contributed by atoms with Crippen LogP contribution in [-0.2, 0) is 11.2 Å². The summed E-state index contributed by atoms with van der Waals surface area (Å²) in [5.74, 6) is 1.28. The SMILES string of the molecule is CCCCc1oc2ccccc2c1C(=O)N1CCC(OCCCN2CCCCC2c2cccc(O)c2)CC1. The Balaban J connectivity index is 1.10. The Morgan fingerprint density at radius 1 is 1.03 bits per heavy atom. The van der Waals surface area contributed by atoms with Gasteiger partial charge in [-0.25, -0.2) is 0 Å². The largest absolute Gasteiger partial charge is 0.508 e. The van der Waals surface area contributed by atoms with Gasteiger partial charge in [0.15, 0.2) is 0 Å². The first-order chi connectivity index (χ1) is 18.6. The standard InChI is InChI=1S/C32H42N2O4/c1-2-3-14-30-31(27-12-4-5-15-29(27)38-30)32(36)34-20-16-26(17-21-34)37-22-9-19-33-18-7-6-13-28(33)24-10-8-11-25(35)23-24/h4-5,8,10-12,15,23,26,28,35H,2-3,6-7,9,13-14,16-22H2,1H3.